The van der Waals surface area contributed by atoms with Gasteiger partial charge in [-0.2, -0.15) is 0 Å². The van der Waals surface area contributed by atoms with E-state index in [1.54, 1.807) is 12.3 Å². The number of rotatable bonds is 5. The fraction of sp³-hybridized carbons (Fsp3) is 0.500. The molecule has 3 N–H and O–H groups in total. The lowest BCUT2D eigenvalue weighted by Crippen LogP contribution is -2.25. The summed E-state index contributed by atoms with van der Waals surface area (Å²) in [5.41, 5.74) is 6.36. The Morgan fingerprint density at radius 1 is 1.56 bits per heavy atom. The van der Waals surface area contributed by atoms with Gasteiger partial charge in [0, 0.05) is 17.9 Å². The summed E-state index contributed by atoms with van der Waals surface area (Å²) < 4.78 is 0. The summed E-state index contributed by atoms with van der Waals surface area (Å²) in [4.78, 5) is 14.9. The molecule has 1 aromatic heterocycles. The third-order valence-corrected chi connectivity index (χ3v) is 2.61. The number of hydrogen-bond donors (Lipinski definition) is 2. The topological polar surface area (TPSA) is 68.0 Å². The quantitative estimate of drug-likeness (QED) is 0.799. The van der Waals surface area contributed by atoms with Crippen LogP contribution in [0.5, 0.6) is 0 Å². The standard InChI is InChI=1S/C12H19N3O/c1-4-10(8(2)3)15-9-5-6-14-11(7-9)12(13)16/h5-8,10H,4H2,1-3H3,(H2,13,16)(H,14,15). The van der Waals surface area contributed by atoms with Gasteiger partial charge in [0.15, 0.2) is 0 Å². The molecule has 0 bridgehead atoms. The molecule has 4 heteroatoms. The molecule has 4 nitrogen and oxygen atoms in total. The van der Waals surface area contributed by atoms with Crippen molar-refractivity contribution in [1.29, 1.82) is 0 Å². The number of hydrogen-bond acceptors (Lipinski definition) is 3. The van der Waals surface area contributed by atoms with Crippen LogP contribution in [0.2, 0.25) is 0 Å². The zero-order valence-corrected chi connectivity index (χ0v) is 10.0. The summed E-state index contributed by atoms with van der Waals surface area (Å²) in [5.74, 6) is 0.0384. The van der Waals surface area contributed by atoms with Crippen molar-refractivity contribution < 1.29 is 4.79 Å². The van der Waals surface area contributed by atoms with E-state index in [1.807, 2.05) is 6.07 Å². The van der Waals surface area contributed by atoms with Crippen molar-refractivity contribution >= 4 is 11.6 Å². The van der Waals surface area contributed by atoms with Crippen molar-refractivity contribution in [2.75, 3.05) is 5.32 Å². The third-order valence-electron chi connectivity index (χ3n) is 2.61. The van der Waals surface area contributed by atoms with Crippen LogP contribution in [-0.4, -0.2) is 16.9 Å². The van der Waals surface area contributed by atoms with E-state index >= 15 is 0 Å². The van der Waals surface area contributed by atoms with Crippen molar-refractivity contribution in [2.45, 2.75) is 33.2 Å². The first-order valence-corrected chi connectivity index (χ1v) is 5.57. The minimum absolute atomic E-state index is 0.295. The molecule has 0 saturated carbocycles. The van der Waals surface area contributed by atoms with E-state index in [9.17, 15) is 4.79 Å². The summed E-state index contributed by atoms with van der Waals surface area (Å²) in [6.07, 6.45) is 2.63. The highest BCUT2D eigenvalue weighted by Crippen LogP contribution is 2.15. The lowest BCUT2D eigenvalue weighted by atomic mass is 10.0. The lowest BCUT2D eigenvalue weighted by Gasteiger charge is -2.22. The van der Waals surface area contributed by atoms with Crippen LogP contribution in [0.3, 0.4) is 0 Å². The van der Waals surface area contributed by atoms with E-state index in [2.05, 4.69) is 31.1 Å². The molecular formula is C12H19N3O. The van der Waals surface area contributed by atoms with Gasteiger partial charge in [0.05, 0.1) is 0 Å². The summed E-state index contributed by atoms with van der Waals surface area (Å²) in [6, 6.07) is 3.92. The van der Waals surface area contributed by atoms with Crippen LogP contribution in [0.15, 0.2) is 18.3 Å². The van der Waals surface area contributed by atoms with E-state index in [1.165, 1.54) is 0 Å². The molecule has 1 atom stereocenters. The number of nitrogens with one attached hydrogen (secondary N) is 1. The maximum atomic E-state index is 11.0. The Morgan fingerprint density at radius 3 is 2.75 bits per heavy atom. The first kappa shape index (κ1) is 12.5. The fourth-order valence-corrected chi connectivity index (χ4v) is 1.61. The molecule has 1 heterocycles. The van der Waals surface area contributed by atoms with Gasteiger partial charge in [0.1, 0.15) is 5.69 Å². The number of carbonyl (C=O) groups is 1. The summed E-state index contributed by atoms with van der Waals surface area (Å²) in [7, 11) is 0. The molecule has 0 aromatic carbocycles. The molecule has 0 spiro atoms. The molecule has 0 saturated heterocycles. The molecule has 88 valence electrons. The molecule has 0 radical (unpaired) electrons. The van der Waals surface area contributed by atoms with Crippen LogP contribution in [0.1, 0.15) is 37.7 Å². The summed E-state index contributed by atoms with van der Waals surface area (Å²) in [6.45, 7) is 6.46. The van der Waals surface area contributed by atoms with Gasteiger partial charge in [-0.3, -0.25) is 9.78 Å². The normalized spacial score (nSPS) is 12.5. The van der Waals surface area contributed by atoms with Crippen molar-refractivity contribution in [3.05, 3.63) is 24.0 Å². The number of carbonyl (C=O) groups excluding carboxylic acids is 1. The number of aromatic nitrogens is 1. The Bertz CT molecular complexity index is 363. The van der Waals surface area contributed by atoms with Gasteiger partial charge >= 0.3 is 0 Å². The van der Waals surface area contributed by atoms with E-state index in [4.69, 9.17) is 5.73 Å². The van der Waals surface area contributed by atoms with Crippen molar-refractivity contribution in [3.63, 3.8) is 0 Å². The average molecular weight is 221 g/mol. The zero-order valence-electron chi connectivity index (χ0n) is 10.0. The average Bonchev–Trinajstić information content (AvgIpc) is 2.25. The van der Waals surface area contributed by atoms with E-state index < -0.39 is 5.91 Å². The molecule has 1 rings (SSSR count). The second-order valence-corrected chi connectivity index (χ2v) is 4.20. The lowest BCUT2D eigenvalue weighted by molar-refractivity contribution is 0.0995. The van der Waals surface area contributed by atoms with Gasteiger partial charge in [0.25, 0.3) is 5.91 Å². The first-order chi connectivity index (χ1) is 7.54. The van der Waals surface area contributed by atoms with Crippen molar-refractivity contribution in [1.82, 2.24) is 4.98 Å². The Labute approximate surface area is 96.3 Å². The maximum absolute atomic E-state index is 11.0. The van der Waals surface area contributed by atoms with E-state index in [0.29, 0.717) is 17.7 Å². The van der Waals surface area contributed by atoms with Gasteiger partial charge in [0.2, 0.25) is 0 Å². The van der Waals surface area contributed by atoms with E-state index in [0.717, 1.165) is 12.1 Å². The number of amides is 1. The molecule has 1 aromatic rings. The molecule has 0 fully saturated rings. The summed E-state index contributed by atoms with van der Waals surface area (Å²) >= 11 is 0. The Kier molecular flexibility index (Phi) is 4.28. The van der Waals surface area contributed by atoms with Crippen LogP contribution < -0.4 is 11.1 Å². The second-order valence-electron chi connectivity index (χ2n) is 4.20. The molecule has 0 aliphatic heterocycles. The highest BCUT2D eigenvalue weighted by atomic mass is 16.1. The Balaban J connectivity index is 2.80. The van der Waals surface area contributed by atoms with Gasteiger partial charge in [-0.1, -0.05) is 20.8 Å². The Hall–Kier alpha value is -1.58. The maximum Gasteiger partial charge on any atom is 0.267 e. The number of nitrogens with zero attached hydrogens (tertiary/aromatic N) is 1. The zero-order chi connectivity index (χ0) is 12.1. The van der Waals surface area contributed by atoms with Crippen LogP contribution in [-0.2, 0) is 0 Å². The number of pyridine rings is 1. The molecule has 0 aliphatic rings. The minimum Gasteiger partial charge on any atom is -0.382 e. The fourth-order valence-electron chi connectivity index (χ4n) is 1.61. The first-order valence-electron chi connectivity index (χ1n) is 5.57. The Morgan fingerprint density at radius 2 is 2.25 bits per heavy atom. The smallest absolute Gasteiger partial charge is 0.267 e. The summed E-state index contributed by atoms with van der Waals surface area (Å²) in [5, 5.41) is 3.38. The molecular weight excluding hydrogens is 202 g/mol. The molecule has 1 unspecified atom stereocenters. The minimum atomic E-state index is -0.499. The molecule has 16 heavy (non-hydrogen) atoms. The third kappa shape index (κ3) is 3.22. The highest BCUT2D eigenvalue weighted by molar-refractivity contribution is 5.91. The van der Waals surface area contributed by atoms with Crippen LogP contribution in [0, 0.1) is 5.92 Å². The van der Waals surface area contributed by atoms with Crippen molar-refractivity contribution in [2.24, 2.45) is 11.7 Å². The number of anilines is 1. The van der Waals surface area contributed by atoms with Crippen LogP contribution in [0.25, 0.3) is 0 Å². The highest BCUT2D eigenvalue weighted by Gasteiger charge is 2.11. The largest absolute Gasteiger partial charge is 0.382 e. The predicted octanol–water partition coefficient (Wildman–Crippen LogP) is 2.03. The van der Waals surface area contributed by atoms with Crippen molar-refractivity contribution in [3.8, 4) is 0 Å². The second kappa shape index (κ2) is 5.49. The van der Waals surface area contributed by atoms with E-state index in [-0.39, 0.29) is 0 Å². The molecule has 0 aliphatic carbocycles. The van der Waals surface area contributed by atoms with Crippen LogP contribution >= 0.6 is 0 Å². The predicted molar refractivity (Wildman–Crippen MR) is 65.3 cm³/mol. The number of primary amides is 1. The van der Waals surface area contributed by atoms with Crippen LogP contribution in [0.4, 0.5) is 5.69 Å². The monoisotopic (exact) mass is 221 g/mol. The van der Waals surface area contributed by atoms with Gasteiger partial charge < -0.3 is 11.1 Å². The number of nitrogens with two attached hydrogens (primary N) is 1. The SMILES string of the molecule is CCC(Nc1ccnc(C(N)=O)c1)C(C)C. The van der Waals surface area contributed by atoms with Gasteiger partial charge in [-0.05, 0) is 24.5 Å². The molecule has 1 amide bonds. The van der Waals surface area contributed by atoms with Gasteiger partial charge in [-0.15, -0.1) is 0 Å². The van der Waals surface area contributed by atoms with Gasteiger partial charge in [-0.25, -0.2) is 0 Å².